The average molecular weight is 366 g/mol. The molecule has 3 atom stereocenters. The minimum Gasteiger partial charge on any atom is -0.355 e. The molecule has 0 bridgehead atoms. The number of aromatic amines is 1. The van der Waals surface area contributed by atoms with E-state index in [1.165, 1.54) is 11.6 Å². The quantitative estimate of drug-likeness (QED) is 0.848. The summed E-state index contributed by atoms with van der Waals surface area (Å²) in [6.45, 7) is 3.36. The van der Waals surface area contributed by atoms with Gasteiger partial charge in [0.05, 0.1) is 5.92 Å². The van der Waals surface area contributed by atoms with E-state index in [4.69, 9.17) is 0 Å². The Morgan fingerprint density at radius 2 is 2.15 bits per heavy atom. The molecule has 27 heavy (non-hydrogen) atoms. The summed E-state index contributed by atoms with van der Waals surface area (Å²) in [5, 5.41) is 3.07. The van der Waals surface area contributed by atoms with Gasteiger partial charge in [-0.25, -0.2) is 4.98 Å². The summed E-state index contributed by atoms with van der Waals surface area (Å²) >= 11 is 0. The van der Waals surface area contributed by atoms with Crippen LogP contribution in [-0.4, -0.2) is 39.9 Å². The van der Waals surface area contributed by atoms with Crippen molar-refractivity contribution in [2.45, 2.75) is 44.7 Å². The lowest BCUT2D eigenvalue weighted by Gasteiger charge is -2.24. The van der Waals surface area contributed by atoms with Gasteiger partial charge in [0, 0.05) is 36.8 Å². The number of H-pyrrole nitrogens is 1. The first kappa shape index (κ1) is 17.9. The van der Waals surface area contributed by atoms with Gasteiger partial charge in [0.2, 0.25) is 5.91 Å². The molecule has 0 radical (unpaired) electrons. The van der Waals surface area contributed by atoms with Crippen LogP contribution in [0.25, 0.3) is 0 Å². The molecule has 4 rings (SSSR count). The zero-order valence-corrected chi connectivity index (χ0v) is 15.6. The van der Waals surface area contributed by atoms with Gasteiger partial charge in [0.15, 0.2) is 0 Å². The highest BCUT2D eigenvalue weighted by Gasteiger charge is 2.46. The Morgan fingerprint density at radius 3 is 2.93 bits per heavy atom. The van der Waals surface area contributed by atoms with E-state index in [1.54, 1.807) is 6.92 Å². The summed E-state index contributed by atoms with van der Waals surface area (Å²) in [5.74, 6) is 0.777. The number of hydrogen-bond acceptors (Lipinski definition) is 4. The van der Waals surface area contributed by atoms with Gasteiger partial charge in [-0.05, 0) is 38.3 Å². The molecule has 1 aromatic heterocycles. The van der Waals surface area contributed by atoms with Crippen LogP contribution in [0.4, 0.5) is 0 Å². The average Bonchev–Trinajstić information content (AvgIpc) is 3.24. The van der Waals surface area contributed by atoms with Gasteiger partial charge in [-0.1, -0.05) is 30.3 Å². The first-order valence-corrected chi connectivity index (χ1v) is 9.77. The number of benzene rings is 1. The predicted octanol–water partition coefficient (Wildman–Crippen LogP) is 1.96. The minimum atomic E-state index is -0.146. The van der Waals surface area contributed by atoms with E-state index in [0.29, 0.717) is 36.6 Å². The van der Waals surface area contributed by atoms with Crippen LogP contribution in [0.3, 0.4) is 0 Å². The molecule has 6 nitrogen and oxygen atoms in total. The third-order valence-electron chi connectivity index (χ3n) is 5.79. The fourth-order valence-corrected chi connectivity index (χ4v) is 4.65. The fourth-order valence-electron chi connectivity index (χ4n) is 4.65. The van der Waals surface area contributed by atoms with E-state index >= 15 is 0 Å². The number of carbonyl (C=O) groups is 1. The molecule has 1 aromatic carbocycles. The van der Waals surface area contributed by atoms with E-state index in [2.05, 4.69) is 44.5 Å². The van der Waals surface area contributed by atoms with E-state index in [1.807, 2.05) is 6.07 Å². The minimum absolute atomic E-state index is 0.0298. The van der Waals surface area contributed by atoms with Gasteiger partial charge in [0.1, 0.15) is 5.82 Å². The first-order valence-electron chi connectivity index (χ1n) is 9.77. The Labute approximate surface area is 159 Å². The second-order valence-electron chi connectivity index (χ2n) is 7.59. The number of hydrogen-bond donors (Lipinski definition) is 2. The smallest absolute Gasteiger partial charge is 0.251 e. The number of rotatable bonds is 5. The molecule has 0 saturated carbocycles. The van der Waals surface area contributed by atoms with Crippen molar-refractivity contribution in [2.24, 2.45) is 5.92 Å². The molecule has 2 aliphatic rings. The van der Waals surface area contributed by atoms with Crippen molar-refractivity contribution >= 4 is 5.91 Å². The van der Waals surface area contributed by atoms with Gasteiger partial charge in [0.25, 0.3) is 5.56 Å². The SMILES string of the molecule is Cc1cc(=O)[nH]c(CCNC(=O)[C@H]2C[C@@H](c3ccccc3)N3CCC[C@H]23)n1. The maximum Gasteiger partial charge on any atom is 0.251 e. The molecule has 6 heteroatoms. The molecule has 0 aliphatic carbocycles. The molecule has 2 saturated heterocycles. The van der Waals surface area contributed by atoms with Gasteiger partial charge in [-0.2, -0.15) is 0 Å². The third kappa shape index (κ3) is 3.81. The van der Waals surface area contributed by atoms with Gasteiger partial charge in [-0.3, -0.25) is 14.5 Å². The molecule has 1 amide bonds. The topological polar surface area (TPSA) is 78.1 Å². The highest BCUT2D eigenvalue weighted by atomic mass is 16.2. The number of aryl methyl sites for hydroxylation is 1. The van der Waals surface area contributed by atoms with Crippen molar-refractivity contribution in [1.82, 2.24) is 20.2 Å². The van der Waals surface area contributed by atoms with Crippen molar-refractivity contribution in [3.63, 3.8) is 0 Å². The summed E-state index contributed by atoms with van der Waals surface area (Å²) < 4.78 is 0. The van der Waals surface area contributed by atoms with Gasteiger partial charge >= 0.3 is 0 Å². The number of nitrogens with one attached hydrogen (secondary N) is 2. The third-order valence-corrected chi connectivity index (χ3v) is 5.79. The number of fused-ring (bicyclic) bond motifs is 1. The Hall–Kier alpha value is -2.47. The molecule has 2 aliphatic heterocycles. The number of amides is 1. The summed E-state index contributed by atoms with van der Waals surface area (Å²) in [4.78, 5) is 33.9. The van der Waals surface area contributed by atoms with Crippen molar-refractivity contribution < 1.29 is 4.79 Å². The van der Waals surface area contributed by atoms with E-state index in [0.717, 1.165) is 25.8 Å². The highest BCUT2D eigenvalue weighted by molar-refractivity contribution is 5.80. The highest BCUT2D eigenvalue weighted by Crippen LogP contribution is 2.44. The standard InChI is InChI=1S/C21H26N4O2/c1-14-12-20(26)24-19(23-14)9-10-22-21(27)16-13-18(15-6-3-2-4-7-15)25-11-5-8-17(16)25/h2-4,6-7,12,16-18H,5,8-11,13H2,1H3,(H,22,27)(H,23,24,26)/t16-,17+,18-/m0/s1. The van der Waals surface area contributed by atoms with Crippen LogP contribution in [0.2, 0.25) is 0 Å². The molecular formula is C21H26N4O2. The fraction of sp³-hybridized carbons (Fsp3) is 0.476. The Balaban J connectivity index is 1.39. The maximum absolute atomic E-state index is 12.9. The number of nitrogens with zero attached hydrogens (tertiary/aromatic N) is 2. The van der Waals surface area contributed by atoms with Crippen LogP contribution < -0.4 is 10.9 Å². The number of aromatic nitrogens is 2. The monoisotopic (exact) mass is 366 g/mol. The molecule has 2 N–H and O–H groups in total. The normalized spacial score (nSPS) is 24.7. The van der Waals surface area contributed by atoms with E-state index < -0.39 is 0 Å². The van der Waals surface area contributed by atoms with Crippen LogP contribution >= 0.6 is 0 Å². The van der Waals surface area contributed by atoms with Crippen LogP contribution in [-0.2, 0) is 11.2 Å². The molecule has 3 heterocycles. The molecule has 0 spiro atoms. The molecule has 142 valence electrons. The van der Waals surface area contributed by atoms with Crippen molar-refractivity contribution in [2.75, 3.05) is 13.1 Å². The van der Waals surface area contributed by atoms with Gasteiger partial charge in [-0.15, -0.1) is 0 Å². The van der Waals surface area contributed by atoms with Crippen LogP contribution in [0.1, 0.15) is 42.4 Å². The van der Waals surface area contributed by atoms with Crippen LogP contribution in [0, 0.1) is 12.8 Å². The lowest BCUT2D eigenvalue weighted by atomic mass is 9.93. The predicted molar refractivity (Wildman–Crippen MR) is 103 cm³/mol. The van der Waals surface area contributed by atoms with Gasteiger partial charge < -0.3 is 10.3 Å². The molecular weight excluding hydrogens is 340 g/mol. The van der Waals surface area contributed by atoms with Crippen molar-refractivity contribution in [3.8, 4) is 0 Å². The second kappa shape index (κ2) is 7.64. The largest absolute Gasteiger partial charge is 0.355 e. The second-order valence-corrected chi connectivity index (χ2v) is 7.59. The van der Waals surface area contributed by atoms with Crippen molar-refractivity contribution in [3.05, 3.63) is 63.8 Å². The van der Waals surface area contributed by atoms with Crippen LogP contribution in [0.5, 0.6) is 0 Å². The maximum atomic E-state index is 12.9. The number of carbonyl (C=O) groups excluding carboxylic acids is 1. The summed E-state index contributed by atoms with van der Waals surface area (Å²) in [7, 11) is 0. The van der Waals surface area contributed by atoms with Crippen LogP contribution in [0.15, 0.2) is 41.2 Å². The zero-order chi connectivity index (χ0) is 18.8. The summed E-state index contributed by atoms with van der Waals surface area (Å²) in [6, 6.07) is 12.7. The Morgan fingerprint density at radius 1 is 1.33 bits per heavy atom. The first-order chi connectivity index (χ1) is 13.1. The summed E-state index contributed by atoms with van der Waals surface area (Å²) in [6.07, 6.45) is 3.66. The Bertz CT molecular complexity index is 864. The molecule has 2 fully saturated rings. The Kier molecular flexibility index (Phi) is 5.07. The lowest BCUT2D eigenvalue weighted by molar-refractivity contribution is -0.125. The lowest BCUT2D eigenvalue weighted by Crippen LogP contribution is -2.38. The van der Waals surface area contributed by atoms with Crippen molar-refractivity contribution in [1.29, 1.82) is 0 Å². The zero-order valence-electron chi connectivity index (χ0n) is 15.6. The van der Waals surface area contributed by atoms with E-state index in [9.17, 15) is 9.59 Å². The molecule has 2 aromatic rings. The molecule has 0 unspecified atom stereocenters. The summed E-state index contributed by atoms with van der Waals surface area (Å²) in [5.41, 5.74) is 1.86. The van der Waals surface area contributed by atoms with E-state index in [-0.39, 0.29) is 17.4 Å².